The fourth-order valence-corrected chi connectivity index (χ4v) is 3.86. The van der Waals surface area contributed by atoms with E-state index in [2.05, 4.69) is 15.9 Å². The Morgan fingerprint density at radius 3 is 2.89 bits per heavy atom. The third-order valence-electron chi connectivity index (χ3n) is 4.36. The maximum atomic E-state index is 12.5. The fraction of sp³-hybridized carbons (Fsp3) is 0.500. The van der Waals surface area contributed by atoms with Crippen LogP contribution in [0.2, 0.25) is 5.02 Å². The molecule has 1 aromatic rings. The molecule has 2 aliphatic rings. The first kappa shape index (κ1) is 13.4. The van der Waals surface area contributed by atoms with Gasteiger partial charge < -0.3 is 10.6 Å². The number of rotatable bonds is 1. The highest BCUT2D eigenvalue weighted by Gasteiger charge is 2.42. The number of carbonyl (C=O) groups is 1. The molecule has 5 heteroatoms. The molecule has 2 N–H and O–H groups in total. The number of hydrogen-bond acceptors (Lipinski definition) is 2. The van der Waals surface area contributed by atoms with Crippen molar-refractivity contribution in [2.45, 2.75) is 18.9 Å². The Hall–Kier alpha value is -0.580. The highest BCUT2D eigenvalue weighted by molar-refractivity contribution is 9.10. The molecule has 1 heterocycles. The molecule has 3 unspecified atom stereocenters. The van der Waals surface area contributed by atoms with E-state index < -0.39 is 0 Å². The van der Waals surface area contributed by atoms with Crippen LogP contribution >= 0.6 is 27.5 Å². The number of hydrogen-bond donors (Lipinski definition) is 1. The van der Waals surface area contributed by atoms with E-state index in [0.29, 0.717) is 22.4 Å². The van der Waals surface area contributed by atoms with Crippen LogP contribution in [0.1, 0.15) is 23.2 Å². The van der Waals surface area contributed by atoms with Crippen LogP contribution in [0.25, 0.3) is 0 Å². The van der Waals surface area contributed by atoms with E-state index in [4.69, 9.17) is 17.3 Å². The van der Waals surface area contributed by atoms with E-state index in [1.165, 1.54) is 0 Å². The average molecular weight is 344 g/mol. The van der Waals surface area contributed by atoms with Gasteiger partial charge in [-0.25, -0.2) is 0 Å². The minimum Gasteiger partial charge on any atom is -0.338 e. The Bertz CT molecular complexity index is 522. The standard InChI is InChI=1S/C14H16BrClN2O/c15-9-2-3-12(16)10(5-9)14(19)18-6-8-1-4-13(17)11(8)7-18/h2-3,5,8,11,13H,1,4,6-7,17H2. The van der Waals surface area contributed by atoms with Gasteiger partial charge in [-0.2, -0.15) is 0 Å². The van der Waals surface area contributed by atoms with Crippen molar-refractivity contribution in [1.29, 1.82) is 0 Å². The van der Waals surface area contributed by atoms with Crippen LogP contribution in [-0.4, -0.2) is 29.9 Å². The van der Waals surface area contributed by atoms with Crippen molar-refractivity contribution < 1.29 is 4.79 Å². The van der Waals surface area contributed by atoms with E-state index in [0.717, 1.165) is 30.4 Å². The minimum atomic E-state index is 0.0212. The quantitative estimate of drug-likeness (QED) is 0.852. The van der Waals surface area contributed by atoms with Crippen molar-refractivity contribution >= 4 is 33.4 Å². The minimum absolute atomic E-state index is 0.0212. The second kappa shape index (κ2) is 5.08. The first-order valence-electron chi connectivity index (χ1n) is 6.56. The molecule has 3 atom stereocenters. The van der Waals surface area contributed by atoms with Crippen molar-refractivity contribution in [2.75, 3.05) is 13.1 Å². The summed E-state index contributed by atoms with van der Waals surface area (Å²) in [7, 11) is 0. The zero-order valence-corrected chi connectivity index (χ0v) is 12.8. The van der Waals surface area contributed by atoms with E-state index in [9.17, 15) is 4.79 Å². The maximum Gasteiger partial charge on any atom is 0.255 e. The monoisotopic (exact) mass is 342 g/mol. The van der Waals surface area contributed by atoms with Gasteiger partial charge in [-0.3, -0.25) is 4.79 Å². The van der Waals surface area contributed by atoms with Crippen LogP contribution < -0.4 is 5.73 Å². The van der Waals surface area contributed by atoms with Crippen molar-refractivity contribution in [3.63, 3.8) is 0 Å². The van der Waals surface area contributed by atoms with Crippen molar-refractivity contribution in [1.82, 2.24) is 4.90 Å². The summed E-state index contributed by atoms with van der Waals surface area (Å²) in [4.78, 5) is 14.4. The second-order valence-electron chi connectivity index (χ2n) is 5.50. The van der Waals surface area contributed by atoms with E-state index in [-0.39, 0.29) is 11.9 Å². The average Bonchev–Trinajstić information content (AvgIpc) is 2.94. The number of likely N-dealkylation sites (tertiary alicyclic amines) is 1. The number of halogens is 2. The molecular weight excluding hydrogens is 328 g/mol. The van der Waals surface area contributed by atoms with Gasteiger partial charge in [-0.15, -0.1) is 0 Å². The van der Waals surface area contributed by atoms with Crippen molar-refractivity contribution in [2.24, 2.45) is 17.6 Å². The highest BCUT2D eigenvalue weighted by Crippen LogP contribution is 2.38. The molecule has 1 aromatic carbocycles. The molecule has 3 rings (SSSR count). The number of nitrogens with two attached hydrogens (primary N) is 1. The molecule has 0 bridgehead atoms. The lowest BCUT2D eigenvalue weighted by Crippen LogP contribution is -2.33. The fourth-order valence-electron chi connectivity index (χ4n) is 3.31. The van der Waals surface area contributed by atoms with E-state index in [1.54, 1.807) is 12.1 Å². The molecule has 2 fully saturated rings. The molecular formula is C14H16BrClN2O. The lowest BCUT2D eigenvalue weighted by molar-refractivity contribution is 0.0779. The topological polar surface area (TPSA) is 46.3 Å². The Balaban J connectivity index is 1.80. The molecule has 0 aromatic heterocycles. The molecule has 3 nitrogen and oxygen atoms in total. The van der Waals surface area contributed by atoms with Crippen LogP contribution in [0.15, 0.2) is 22.7 Å². The molecule has 102 valence electrons. The SMILES string of the molecule is NC1CCC2CN(C(=O)c3cc(Br)ccc3Cl)CC12. The number of nitrogens with zero attached hydrogens (tertiary/aromatic N) is 1. The molecule has 1 aliphatic heterocycles. The van der Waals surface area contributed by atoms with Crippen LogP contribution in [0.5, 0.6) is 0 Å². The third kappa shape index (κ3) is 2.41. The molecule has 1 saturated carbocycles. The van der Waals surface area contributed by atoms with Crippen LogP contribution in [-0.2, 0) is 0 Å². The van der Waals surface area contributed by atoms with Crippen LogP contribution in [0.4, 0.5) is 0 Å². The number of fused-ring (bicyclic) bond motifs is 1. The Morgan fingerprint density at radius 2 is 2.16 bits per heavy atom. The van der Waals surface area contributed by atoms with Gasteiger partial charge in [0.25, 0.3) is 5.91 Å². The lowest BCUT2D eigenvalue weighted by Gasteiger charge is -2.19. The lowest BCUT2D eigenvalue weighted by atomic mass is 9.98. The Kier molecular flexibility index (Phi) is 3.58. The Morgan fingerprint density at radius 1 is 1.37 bits per heavy atom. The zero-order chi connectivity index (χ0) is 13.6. The van der Waals surface area contributed by atoms with Crippen molar-refractivity contribution in [3.05, 3.63) is 33.3 Å². The summed E-state index contributed by atoms with van der Waals surface area (Å²) in [5.41, 5.74) is 6.68. The first-order valence-corrected chi connectivity index (χ1v) is 7.73. The largest absolute Gasteiger partial charge is 0.338 e. The zero-order valence-electron chi connectivity index (χ0n) is 10.5. The summed E-state index contributed by atoms with van der Waals surface area (Å²) < 4.78 is 0.872. The Labute approximate surface area is 126 Å². The third-order valence-corrected chi connectivity index (χ3v) is 5.18. The van der Waals surface area contributed by atoms with Gasteiger partial charge in [-0.05, 0) is 42.9 Å². The van der Waals surface area contributed by atoms with E-state index in [1.807, 2.05) is 11.0 Å². The second-order valence-corrected chi connectivity index (χ2v) is 6.82. The predicted molar refractivity (Wildman–Crippen MR) is 79.2 cm³/mol. The molecule has 19 heavy (non-hydrogen) atoms. The predicted octanol–water partition coefficient (Wildman–Crippen LogP) is 2.91. The maximum absolute atomic E-state index is 12.5. The summed E-state index contributed by atoms with van der Waals surface area (Å²) in [5.74, 6) is 1.06. The molecule has 0 spiro atoms. The summed E-state index contributed by atoms with van der Waals surface area (Å²) in [6, 6.07) is 5.63. The molecule has 1 saturated heterocycles. The normalized spacial score (nSPS) is 29.6. The van der Waals surface area contributed by atoms with E-state index >= 15 is 0 Å². The first-order chi connectivity index (χ1) is 9.06. The molecule has 0 radical (unpaired) electrons. The molecule has 1 aliphatic carbocycles. The van der Waals surface area contributed by atoms with Gasteiger partial charge in [0.1, 0.15) is 0 Å². The van der Waals surface area contributed by atoms with Gasteiger partial charge in [0, 0.05) is 23.6 Å². The highest BCUT2D eigenvalue weighted by atomic mass is 79.9. The smallest absolute Gasteiger partial charge is 0.255 e. The van der Waals surface area contributed by atoms with Crippen molar-refractivity contribution in [3.8, 4) is 0 Å². The summed E-state index contributed by atoms with van der Waals surface area (Å²) in [6.07, 6.45) is 2.23. The van der Waals surface area contributed by atoms with Gasteiger partial charge in [0.2, 0.25) is 0 Å². The van der Waals surface area contributed by atoms with Gasteiger partial charge in [-0.1, -0.05) is 27.5 Å². The summed E-state index contributed by atoms with van der Waals surface area (Å²) in [6.45, 7) is 1.59. The molecule has 1 amide bonds. The summed E-state index contributed by atoms with van der Waals surface area (Å²) >= 11 is 9.51. The van der Waals surface area contributed by atoms with Crippen LogP contribution in [0, 0.1) is 11.8 Å². The van der Waals surface area contributed by atoms with Gasteiger partial charge in [0.15, 0.2) is 0 Å². The van der Waals surface area contributed by atoms with Gasteiger partial charge in [0.05, 0.1) is 10.6 Å². The number of carbonyl (C=O) groups excluding carboxylic acids is 1. The van der Waals surface area contributed by atoms with Crippen LogP contribution in [0.3, 0.4) is 0 Å². The number of amides is 1. The summed E-state index contributed by atoms with van der Waals surface area (Å²) in [5, 5.41) is 0.509. The van der Waals surface area contributed by atoms with Gasteiger partial charge >= 0.3 is 0 Å². The number of benzene rings is 1.